The summed E-state index contributed by atoms with van der Waals surface area (Å²) >= 11 is 12.2. The SMILES string of the molecule is Cc1cccc(C2=CCC(N(CCN3CCCC3)C(=O)Nc3ccc(Cl)c(Cl)c3)CC2)c1. The van der Waals surface area contributed by atoms with Crippen molar-refractivity contribution < 1.29 is 4.79 Å². The van der Waals surface area contributed by atoms with Crippen molar-refractivity contribution in [1.82, 2.24) is 9.80 Å². The van der Waals surface area contributed by atoms with Crippen LogP contribution < -0.4 is 5.32 Å². The van der Waals surface area contributed by atoms with E-state index in [1.165, 1.54) is 29.5 Å². The number of benzene rings is 2. The summed E-state index contributed by atoms with van der Waals surface area (Å²) in [5, 5.41) is 3.96. The van der Waals surface area contributed by atoms with Crippen LogP contribution in [0.5, 0.6) is 0 Å². The number of nitrogens with one attached hydrogen (secondary N) is 1. The summed E-state index contributed by atoms with van der Waals surface area (Å²) in [5.41, 5.74) is 4.63. The fourth-order valence-electron chi connectivity index (χ4n) is 4.68. The van der Waals surface area contributed by atoms with Gasteiger partial charge in [-0.25, -0.2) is 4.79 Å². The van der Waals surface area contributed by atoms with E-state index in [1.807, 2.05) is 4.90 Å². The molecule has 1 aliphatic carbocycles. The van der Waals surface area contributed by atoms with Crippen LogP contribution >= 0.6 is 23.2 Å². The number of amides is 2. The van der Waals surface area contributed by atoms with Crippen molar-refractivity contribution in [3.05, 3.63) is 69.7 Å². The van der Waals surface area contributed by atoms with Crippen LogP contribution in [0.2, 0.25) is 10.0 Å². The third-order valence-corrected chi connectivity index (χ3v) is 7.24. The lowest BCUT2D eigenvalue weighted by molar-refractivity contribution is 0.170. The normalized spacial score (nSPS) is 19.0. The molecule has 1 aliphatic heterocycles. The number of anilines is 1. The quantitative estimate of drug-likeness (QED) is 0.498. The Labute approximate surface area is 201 Å². The topological polar surface area (TPSA) is 35.6 Å². The molecule has 4 nitrogen and oxygen atoms in total. The highest BCUT2D eigenvalue weighted by Crippen LogP contribution is 2.31. The number of hydrogen-bond acceptors (Lipinski definition) is 2. The summed E-state index contributed by atoms with van der Waals surface area (Å²) in [7, 11) is 0. The van der Waals surface area contributed by atoms with E-state index in [0.29, 0.717) is 15.7 Å². The molecule has 1 heterocycles. The first-order chi connectivity index (χ1) is 15.5. The summed E-state index contributed by atoms with van der Waals surface area (Å²) in [5.74, 6) is 0. The Bertz CT molecular complexity index is 985. The van der Waals surface area contributed by atoms with Gasteiger partial charge in [0, 0.05) is 24.8 Å². The van der Waals surface area contributed by atoms with Crippen LogP contribution in [0, 0.1) is 6.92 Å². The highest BCUT2D eigenvalue weighted by atomic mass is 35.5. The number of nitrogens with zero attached hydrogens (tertiary/aromatic N) is 2. The minimum absolute atomic E-state index is 0.0695. The highest BCUT2D eigenvalue weighted by molar-refractivity contribution is 6.42. The summed E-state index contributed by atoms with van der Waals surface area (Å²) in [6.07, 6.45) is 7.64. The van der Waals surface area contributed by atoms with Crippen LogP contribution in [0.1, 0.15) is 43.2 Å². The van der Waals surface area contributed by atoms with E-state index >= 15 is 0 Å². The maximum absolute atomic E-state index is 13.3. The average molecular weight is 472 g/mol. The molecule has 2 aromatic carbocycles. The molecule has 0 bridgehead atoms. The van der Waals surface area contributed by atoms with Crippen LogP contribution in [-0.2, 0) is 0 Å². The fraction of sp³-hybridized carbons (Fsp3) is 0.423. The predicted octanol–water partition coefficient (Wildman–Crippen LogP) is 6.87. The second-order valence-electron chi connectivity index (χ2n) is 8.83. The molecule has 1 atom stereocenters. The molecule has 2 amide bonds. The van der Waals surface area contributed by atoms with Gasteiger partial charge in [-0.2, -0.15) is 0 Å². The number of urea groups is 1. The number of likely N-dealkylation sites (tertiary alicyclic amines) is 1. The molecule has 32 heavy (non-hydrogen) atoms. The lowest BCUT2D eigenvalue weighted by atomic mass is 9.89. The molecule has 0 spiro atoms. The number of hydrogen-bond donors (Lipinski definition) is 1. The Morgan fingerprint density at radius 3 is 2.62 bits per heavy atom. The maximum Gasteiger partial charge on any atom is 0.322 e. The molecule has 1 saturated heterocycles. The monoisotopic (exact) mass is 471 g/mol. The summed E-state index contributed by atoms with van der Waals surface area (Å²) in [6.45, 7) is 6.03. The van der Waals surface area contributed by atoms with Crippen LogP contribution in [-0.4, -0.2) is 48.1 Å². The molecule has 170 valence electrons. The molecule has 1 fully saturated rings. The molecule has 6 heteroatoms. The third-order valence-electron chi connectivity index (χ3n) is 6.50. The molecule has 4 rings (SSSR count). The van der Waals surface area contributed by atoms with E-state index in [1.54, 1.807) is 18.2 Å². The smallest absolute Gasteiger partial charge is 0.320 e. The number of aryl methyl sites for hydroxylation is 1. The Hall–Kier alpha value is -2.01. The van der Waals surface area contributed by atoms with E-state index in [2.05, 4.69) is 47.5 Å². The van der Waals surface area contributed by atoms with Crippen LogP contribution in [0.15, 0.2) is 48.5 Å². The lowest BCUT2D eigenvalue weighted by Gasteiger charge is -2.35. The Balaban J connectivity index is 1.47. The van der Waals surface area contributed by atoms with Crippen LogP contribution in [0.25, 0.3) is 5.57 Å². The van der Waals surface area contributed by atoms with Gasteiger partial charge in [-0.15, -0.1) is 0 Å². The molecular formula is C26H31Cl2N3O. The lowest BCUT2D eigenvalue weighted by Crippen LogP contribution is -2.47. The summed E-state index contributed by atoms with van der Waals surface area (Å²) in [6, 6.07) is 14.0. The van der Waals surface area contributed by atoms with E-state index < -0.39 is 0 Å². The predicted molar refractivity (Wildman–Crippen MR) is 135 cm³/mol. The van der Waals surface area contributed by atoms with Gasteiger partial charge in [0.25, 0.3) is 0 Å². The molecule has 0 saturated carbocycles. The van der Waals surface area contributed by atoms with Crippen molar-refractivity contribution in [3.8, 4) is 0 Å². The van der Waals surface area contributed by atoms with Crippen molar-refractivity contribution in [3.63, 3.8) is 0 Å². The van der Waals surface area contributed by atoms with Crippen molar-refractivity contribution in [2.75, 3.05) is 31.5 Å². The van der Waals surface area contributed by atoms with E-state index in [9.17, 15) is 4.79 Å². The van der Waals surface area contributed by atoms with Crippen LogP contribution in [0.4, 0.5) is 10.5 Å². The van der Waals surface area contributed by atoms with E-state index in [0.717, 1.165) is 45.4 Å². The second-order valence-corrected chi connectivity index (χ2v) is 9.64. The first-order valence-electron chi connectivity index (χ1n) is 11.5. The van der Waals surface area contributed by atoms with Gasteiger partial charge in [0.15, 0.2) is 0 Å². The van der Waals surface area contributed by atoms with Gasteiger partial charge in [0.05, 0.1) is 10.0 Å². The Kier molecular flexibility index (Phi) is 7.77. The zero-order valence-electron chi connectivity index (χ0n) is 18.6. The number of carbonyl (C=O) groups excluding carboxylic acids is 1. The van der Waals surface area contributed by atoms with Gasteiger partial charge in [-0.05, 0) is 81.5 Å². The molecule has 2 aliphatic rings. The van der Waals surface area contributed by atoms with Crippen molar-refractivity contribution in [1.29, 1.82) is 0 Å². The van der Waals surface area contributed by atoms with Crippen molar-refractivity contribution in [2.24, 2.45) is 0 Å². The van der Waals surface area contributed by atoms with Crippen molar-refractivity contribution in [2.45, 2.75) is 45.1 Å². The van der Waals surface area contributed by atoms with Crippen molar-refractivity contribution >= 4 is 40.5 Å². The van der Waals surface area contributed by atoms with E-state index in [4.69, 9.17) is 23.2 Å². The van der Waals surface area contributed by atoms with E-state index in [-0.39, 0.29) is 12.1 Å². The number of allylic oxidation sites excluding steroid dienone is 1. The fourth-order valence-corrected chi connectivity index (χ4v) is 4.98. The number of rotatable bonds is 6. The number of halogens is 2. The van der Waals surface area contributed by atoms with Gasteiger partial charge in [-0.3, -0.25) is 0 Å². The van der Waals surface area contributed by atoms with Gasteiger partial charge >= 0.3 is 6.03 Å². The largest absolute Gasteiger partial charge is 0.322 e. The summed E-state index contributed by atoms with van der Waals surface area (Å²) < 4.78 is 0. The first-order valence-corrected chi connectivity index (χ1v) is 12.3. The molecule has 1 unspecified atom stereocenters. The van der Waals surface area contributed by atoms with Gasteiger partial charge in [0.2, 0.25) is 0 Å². The number of carbonyl (C=O) groups is 1. The molecule has 1 N–H and O–H groups in total. The Morgan fingerprint density at radius 1 is 1.12 bits per heavy atom. The Morgan fingerprint density at radius 2 is 1.94 bits per heavy atom. The zero-order valence-corrected chi connectivity index (χ0v) is 20.1. The van der Waals surface area contributed by atoms with Gasteiger partial charge in [-0.1, -0.05) is 59.1 Å². The summed E-state index contributed by atoms with van der Waals surface area (Å²) in [4.78, 5) is 17.8. The molecule has 0 aromatic heterocycles. The average Bonchev–Trinajstić information content (AvgIpc) is 3.30. The molecule has 0 radical (unpaired) electrons. The standard InChI is InChI=1S/C26H31Cl2N3O/c1-19-5-4-6-21(17-19)20-7-10-23(11-8-20)31(16-15-30-13-2-3-14-30)26(32)29-22-9-12-24(27)25(28)18-22/h4-7,9,12,17-18,23H,2-3,8,10-11,13-16H2,1H3,(H,29,32). The second kappa shape index (κ2) is 10.7. The highest BCUT2D eigenvalue weighted by Gasteiger charge is 2.27. The van der Waals surface area contributed by atoms with Gasteiger partial charge < -0.3 is 15.1 Å². The molecule has 2 aromatic rings. The first kappa shape index (κ1) is 23.2. The molecular weight excluding hydrogens is 441 g/mol. The van der Waals surface area contributed by atoms with Crippen LogP contribution in [0.3, 0.4) is 0 Å². The minimum atomic E-state index is -0.0695. The maximum atomic E-state index is 13.3. The zero-order chi connectivity index (χ0) is 22.5. The minimum Gasteiger partial charge on any atom is -0.320 e. The van der Waals surface area contributed by atoms with Gasteiger partial charge in [0.1, 0.15) is 0 Å². The third kappa shape index (κ3) is 5.86.